The van der Waals surface area contributed by atoms with Crippen molar-refractivity contribution in [2.45, 2.75) is 25.7 Å². The van der Waals surface area contributed by atoms with Crippen LogP contribution >= 0.6 is 0 Å². The second kappa shape index (κ2) is 6.70. The Bertz CT molecular complexity index is 1360. The third-order valence-electron chi connectivity index (χ3n) is 5.38. The summed E-state index contributed by atoms with van der Waals surface area (Å²) in [6.45, 7) is 3.36. The van der Waals surface area contributed by atoms with Crippen LogP contribution in [0.15, 0.2) is 36.7 Å². The number of nitrogens with zero attached hydrogens (tertiary/aromatic N) is 8. The first-order valence-corrected chi connectivity index (χ1v) is 9.89. The highest BCUT2D eigenvalue weighted by Crippen LogP contribution is 2.25. The molecule has 1 N–H and O–H groups in total. The number of rotatable bonds is 4. The van der Waals surface area contributed by atoms with Gasteiger partial charge in [-0.3, -0.25) is 0 Å². The number of aromatic amines is 1. The van der Waals surface area contributed by atoms with Gasteiger partial charge in [0.2, 0.25) is 0 Å². The van der Waals surface area contributed by atoms with Gasteiger partial charge in [-0.05, 0) is 43.2 Å². The number of ether oxygens (including phenoxy) is 1. The fourth-order valence-electron chi connectivity index (χ4n) is 3.88. The number of H-pyrrole nitrogens is 1. The molecule has 0 saturated carbocycles. The average molecular weight is 401 g/mol. The molecule has 30 heavy (non-hydrogen) atoms. The van der Waals surface area contributed by atoms with Gasteiger partial charge in [0, 0.05) is 18.9 Å². The van der Waals surface area contributed by atoms with E-state index >= 15 is 0 Å². The lowest BCUT2D eigenvalue weighted by molar-refractivity contribution is 0.193. The van der Waals surface area contributed by atoms with E-state index in [0.717, 1.165) is 47.1 Å². The molecule has 10 nitrogen and oxygen atoms in total. The van der Waals surface area contributed by atoms with E-state index in [9.17, 15) is 0 Å². The summed E-state index contributed by atoms with van der Waals surface area (Å²) in [7, 11) is 0. The number of hydrogen-bond acceptors (Lipinski definition) is 7. The van der Waals surface area contributed by atoms with Crippen LogP contribution in [0, 0.1) is 6.92 Å². The number of imidazole rings is 1. The van der Waals surface area contributed by atoms with Gasteiger partial charge in [0.25, 0.3) is 0 Å². The van der Waals surface area contributed by atoms with Crippen LogP contribution in [0.1, 0.15) is 35.4 Å². The highest BCUT2D eigenvalue weighted by atomic mass is 16.5. The molecule has 1 fully saturated rings. The average Bonchev–Trinajstić information content (AvgIpc) is 3.52. The molecular formula is C20H19N9O. The van der Waals surface area contributed by atoms with Crippen molar-refractivity contribution < 1.29 is 4.74 Å². The zero-order valence-electron chi connectivity index (χ0n) is 16.4. The molecule has 0 amide bonds. The van der Waals surface area contributed by atoms with Gasteiger partial charge >= 0.3 is 0 Å². The highest BCUT2D eigenvalue weighted by molar-refractivity contribution is 5.75. The number of benzene rings is 1. The molecule has 4 aromatic heterocycles. The molecule has 0 radical (unpaired) electrons. The van der Waals surface area contributed by atoms with Crippen molar-refractivity contribution in [1.82, 2.24) is 44.5 Å². The molecule has 1 unspecified atom stereocenters. The number of hydrogen-bond donors (Lipinski definition) is 1. The van der Waals surface area contributed by atoms with Crippen LogP contribution in [0.5, 0.6) is 0 Å². The Hall–Kier alpha value is -3.66. The lowest BCUT2D eigenvalue weighted by atomic mass is 10.1. The van der Waals surface area contributed by atoms with E-state index in [2.05, 4.69) is 37.4 Å². The number of aryl methyl sites for hydroxylation is 1. The maximum atomic E-state index is 5.55. The first-order chi connectivity index (χ1) is 14.7. The second-order valence-corrected chi connectivity index (χ2v) is 7.53. The van der Waals surface area contributed by atoms with Crippen molar-refractivity contribution in [2.75, 3.05) is 13.2 Å². The van der Waals surface area contributed by atoms with E-state index in [1.807, 2.05) is 29.8 Å². The smallest absolute Gasteiger partial charge is 0.177 e. The maximum Gasteiger partial charge on any atom is 0.177 e. The van der Waals surface area contributed by atoms with Gasteiger partial charge in [0.1, 0.15) is 18.0 Å². The molecule has 0 spiro atoms. The van der Waals surface area contributed by atoms with Crippen LogP contribution in [-0.2, 0) is 11.2 Å². The fraction of sp³-hybridized carbons (Fsp3) is 0.300. The molecule has 0 aliphatic carbocycles. The molecule has 1 atom stereocenters. The molecule has 150 valence electrons. The zero-order valence-corrected chi connectivity index (χ0v) is 16.4. The third kappa shape index (κ3) is 2.92. The normalized spacial score (nSPS) is 16.8. The van der Waals surface area contributed by atoms with Crippen LogP contribution in [-0.4, -0.2) is 57.8 Å². The summed E-state index contributed by atoms with van der Waals surface area (Å²) in [6, 6.07) is 9.98. The summed E-state index contributed by atoms with van der Waals surface area (Å²) in [5.74, 6) is 3.41. The predicted molar refractivity (Wildman–Crippen MR) is 108 cm³/mol. The van der Waals surface area contributed by atoms with E-state index in [-0.39, 0.29) is 5.92 Å². The van der Waals surface area contributed by atoms with Gasteiger partial charge in [0.15, 0.2) is 17.3 Å². The topological polar surface area (TPSA) is 112 Å². The van der Waals surface area contributed by atoms with E-state index in [4.69, 9.17) is 14.8 Å². The Labute approximate surface area is 170 Å². The standard InChI is InChI=1S/C20H19N9O/c1-12-22-15-3-2-13(8-16(15)23-12)9-19-24-20(14-6-7-30-10-14)27-29(19)18-5-4-17-25-21-11-28(17)26-18/h2-5,8,11,14H,6-7,9-10H2,1H3,(H,22,23). The van der Waals surface area contributed by atoms with Crippen molar-refractivity contribution in [1.29, 1.82) is 0 Å². The summed E-state index contributed by atoms with van der Waals surface area (Å²) >= 11 is 0. The Morgan fingerprint density at radius 2 is 2.13 bits per heavy atom. The minimum absolute atomic E-state index is 0.210. The van der Waals surface area contributed by atoms with Crippen molar-refractivity contribution >= 4 is 16.7 Å². The van der Waals surface area contributed by atoms with Crippen LogP contribution in [0.25, 0.3) is 22.5 Å². The summed E-state index contributed by atoms with van der Waals surface area (Å²) < 4.78 is 9.00. The summed E-state index contributed by atoms with van der Waals surface area (Å²) in [5, 5.41) is 17.3. The Morgan fingerprint density at radius 3 is 3.03 bits per heavy atom. The number of aromatic nitrogens is 9. The van der Waals surface area contributed by atoms with E-state index in [1.165, 1.54) is 0 Å². The molecular weight excluding hydrogens is 382 g/mol. The van der Waals surface area contributed by atoms with Gasteiger partial charge in [-0.15, -0.1) is 20.4 Å². The van der Waals surface area contributed by atoms with E-state index < -0.39 is 0 Å². The number of nitrogens with one attached hydrogen (secondary N) is 1. The lowest BCUT2D eigenvalue weighted by Crippen LogP contribution is -2.08. The first-order valence-electron chi connectivity index (χ1n) is 9.89. The molecule has 1 saturated heterocycles. The molecule has 6 rings (SSSR count). The number of fused-ring (bicyclic) bond motifs is 2. The molecule has 1 aliphatic heterocycles. The van der Waals surface area contributed by atoms with E-state index in [1.54, 1.807) is 10.8 Å². The molecule has 0 bridgehead atoms. The predicted octanol–water partition coefficient (Wildman–Crippen LogP) is 1.98. The summed E-state index contributed by atoms with van der Waals surface area (Å²) in [4.78, 5) is 12.7. The van der Waals surface area contributed by atoms with Gasteiger partial charge in [-0.25, -0.2) is 9.97 Å². The van der Waals surface area contributed by atoms with E-state index in [0.29, 0.717) is 24.5 Å². The molecule has 5 heterocycles. The molecule has 1 aliphatic rings. The Balaban J connectivity index is 1.43. The van der Waals surface area contributed by atoms with Gasteiger partial charge < -0.3 is 9.72 Å². The molecule has 10 heteroatoms. The van der Waals surface area contributed by atoms with Crippen LogP contribution < -0.4 is 0 Å². The Morgan fingerprint density at radius 1 is 1.17 bits per heavy atom. The minimum Gasteiger partial charge on any atom is -0.381 e. The first kappa shape index (κ1) is 17.2. The lowest BCUT2D eigenvalue weighted by Gasteiger charge is -2.05. The van der Waals surface area contributed by atoms with Gasteiger partial charge in [-0.2, -0.15) is 9.20 Å². The SMILES string of the molecule is Cc1nc2ccc(Cc3nc(C4CCOC4)nn3-c3ccc4nncn4n3)cc2[nH]1. The summed E-state index contributed by atoms with van der Waals surface area (Å²) in [6.07, 6.45) is 3.13. The van der Waals surface area contributed by atoms with Crippen molar-refractivity contribution in [2.24, 2.45) is 0 Å². The van der Waals surface area contributed by atoms with Crippen molar-refractivity contribution in [3.63, 3.8) is 0 Å². The van der Waals surface area contributed by atoms with Crippen LogP contribution in [0.4, 0.5) is 0 Å². The van der Waals surface area contributed by atoms with Crippen LogP contribution in [0.2, 0.25) is 0 Å². The third-order valence-corrected chi connectivity index (χ3v) is 5.38. The zero-order chi connectivity index (χ0) is 20.1. The van der Waals surface area contributed by atoms with Crippen molar-refractivity contribution in [3.8, 4) is 5.82 Å². The monoisotopic (exact) mass is 401 g/mol. The Kier molecular flexibility index (Phi) is 3.85. The quantitative estimate of drug-likeness (QED) is 0.490. The second-order valence-electron chi connectivity index (χ2n) is 7.53. The van der Waals surface area contributed by atoms with Gasteiger partial charge in [-0.1, -0.05) is 6.07 Å². The van der Waals surface area contributed by atoms with Crippen molar-refractivity contribution in [3.05, 3.63) is 59.7 Å². The molecule has 1 aromatic carbocycles. The highest BCUT2D eigenvalue weighted by Gasteiger charge is 2.24. The largest absolute Gasteiger partial charge is 0.381 e. The summed E-state index contributed by atoms with van der Waals surface area (Å²) in [5.41, 5.74) is 3.79. The minimum atomic E-state index is 0.210. The van der Waals surface area contributed by atoms with Gasteiger partial charge in [0.05, 0.1) is 17.6 Å². The van der Waals surface area contributed by atoms with Crippen LogP contribution in [0.3, 0.4) is 0 Å². The molecule has 5 aromatic rings. The fourth-order valence-corrected chi connectivity index (χ4v) is 3.88. The maximum absolute atomic E-state index is 5.55.